The second kappa shape index (κ2) is 11.2. The summed E-state index contributed by atoms with van der Waals surface area (Å²) in [6.07, 6.45) is 0.00592. The first kappa shape index (κ1) is 24.7. The van der Waals surface area contributed by atoms with Crippen LogP contribution in [0.1, 0.15) is 12.7 Å². The van der Waals surface area contributed by atoms with Gasteiger partial charge in [-0.25, -0.2) is 0 Å². The molecule has 0 aliphatic heterocycles. The first-order valence-electron chi connectivity index (χ1n) is 9.31. The minimum atomic E-state index is -0.282. The Balaban J connectivity index is 1.60. The zero-order valence-corrected chi connectivity index (χ0v) is 20.5. The average molecular weight is 533 g/mol. The lowest BCUT2D eigenvalue weighted by Gasteiger charge is -2.09. The van der Waals surface area contributed by atoms with Gasteiger partial charge in [-0.2, -0.15) is 0 Å². The molecule has 12 heteroatoms. The van der Waals surface area contributed by atoms with Gasteiger partial charge in [-0.1, -0.05) is 58.2 Å². The third kappa shape index (κ3) is 6.52. The van der Waals surface area contributed by atoms with Gasteiger partial charge in [-0.15, -0.1) is 10.2 Å². The number of hydrogen-bond donors (Lipinski definition) is 2. The van der Waals surface area contributed by atoms with E-state index in [9.17, 15) is 9.59 Å². The lowest BCUT2D eigenvalue weighted by molar-refractivity contribution is -0.116. The van der Waals surface area contributed by atoms with E-state index in [1.54, 1.807) is 41.0 Å². The van der Waals surface area contributed by atoms with E-state index < -0.39 is 0 Å². The smallest absolute Gasteiger partial charge is 0.234 e. The summed E-state index contributed by atoms with van der Waals surface area (Å²) in [5, 5.41) is 15.8. The van der Waals surface area contributed by atoms with E-state index in [0.29, 0.717) is 49.0 Å². The fraction of sp³-hybridized carbons (Fsp3) is 0.200. The first-order valence-corrected chi connectivity index (χ1v) is 11.8. The highest BCUT2D eigenvalue weighted by atomic mass is 35.5. The highest BCUT2D eigenvalue weighted by Crippen LogP contribution is 2.27. The van der Waals surface area contributed by atoms with E-state index >= 15 is 0 Å². The molecule has 0 saturated carbocycles. The Morgan fingerprint density at radius 1 is 0.938 bits per heavy atom. The standard InChI is InChI=1S/C20H17Cl4N5O2S/c1-2-29-17(9-18(30)25-12-4-6-13(22)15(24)8-12)27-28-20(29)32-10-19(31)26-16-7-11(21)3-5-14(16)23/h3-8H,2,9-10H2,1H3,(H,25,30)(H,26,31). The topological polar surface area (TPSA) is 88.9 Å². The molecule has 32 heavy (non-hydrogen) atoms. The molecule has 0 aliphatic carbocycles. The fourth-order valence-electron chi connectivity index (χ4n) is 2.71. The minimum Gasteiger partial charge on any atom is -0.326 e. The Bertz CT molecular complexity index is 1160. The summed E-state index contributed by atoms with van der Waals surface area (Å²) in [5.74, 6) is 0.00107. The number of aromatic nitrogens is 3. The highest BCUT2D eigenvalue weighted by molar-refractivity contribution is 7.99. The van der Waals surface area contributed by atoms with Gasteiger partial charge in [0.25, 0.3) is 0 Å². The third-order valence-corrected chi connectivity index (χ3v) is 6.44. The summed E-state index contributed by atoms with van der Waals surface area (Å²) in [4.78, 5) is 24.7. The Kier molecular flexibility index (Phi) is 8.67. The molecule has 3 rings (SSSR count). The van der Waals surface area contributed by atoms with Crippen LogP contribution in [0.15, 0.2) is 41.6 Å². The van der Waals surface area contributed by atoms with E-state index in [1.165, 1.54) is 11.8 Å². The van der Waals surface area contributed by atoms with Crippen molar-refractivity contribution in [2.24, 2.45) is 0 Å². The number of nitrogens with zero attached hydrogens (tertiary/aromatic N) is 3. The maximum absolute atomic E-state index is 12.4. The Labute approximate surface area is 208 Å². The third-order valence-electron chi connectivity index (χ3n) is 4.17. The van der Waals surface area contributed by atoms with Crippen LogP contribution in [0.3, 0.4) is 0 Å². The summed E-state index contributed by atoms with van der Waals surface area (Å²) in [7, 11) is 0. The molecule has 0 fully saturated rings. The van der Waals surface area contributed by atoms with Crippen LogP contribution in [-0.4, -0.2) is 32.3 Å². The monoisotopic (exact) mass is 531 g/mol. The predicted molar refractivity (Wildman–Crippen MR) is 130 cm³/mol. The molecule has 0 radical (unpaired) electrons. The van der Waals surface area contributed by atoms with Crippen molar-refractivity contribution < 1.29 is 9.59 Å². The molecule has 0 unspecified atom stereocenters. The van der Waals surface area contributed by atoms with Crippen molar-refractivity contribution in [3.05, 3.63) is 62.3 Å². The van der Waals surface area contributed by atoms with Crippen LogP contribution >= 0.6 is 58.2 Å². The maximum Gasteiger partial charge on any atom is 0.234 e. The van der Waals surface area contributed by atoms with Crippen LogP contribution < -0.4 is 10.6 Å². The molecule has 0 atom stereocenters. The van der Waals surface area contributed by atoms with E-state index in [0.717, 1.165) is 0 Å². The first-order chi connectivity index (χ1) is 15.3. The number of hydrogen-bond acceptors (Lipinski definition) is 5. The maximum atomic E-state index is 12.4. The number of carbonyl (C=O) groups is 2. The normalized spacial score (nSPS) is 10.8. The van der Waals surface area contributed by atoms with Crippen LogP contribution in [0.4, 0.5) is 11.4 Å². The van der Waals surface area contributed by atoms with Crippen molar-refractivity contribution >= 4 is 81.4 Å². The second-order valence-corrected chi connectivity index (χ2v) is 9.06. The SMILES string of the molecule is CCn1c(CC(=O)Nc2ccc(Cl)c(Cl)c2)nnc1SCC(=O)Nc1cc(Cl)ccc1Cl. The molecule has 7 nitrogen and oxygen atoms in total. The lowest BCUT2D eigenvalue weighted by atomic mass is 10.3. The van der Waals surface area contributed by atoms with E-state index in [-0.39, 0.29) is 24.0 Å². The van der Waals surface area contributed by atoms with Gasteiger partial charge in [0.05, 0.1) is 32.9 Å². The van der Waals surface area contributed by atoms with E-state index in [2.05, 4.69) is 20.8 Å². The van der Waals surface area contributed by atoms with Gasteiger partial charge in [0.2, 0.25) is 11.8 Å². The average Bonchev–Trinajstić information content (AvgIpc) is 3.13. The highest BCUT2D eigenvalue weighted by Gasteiger charge is 2.17. The summed E-state index contributed by atoms with van der Waals surface area (Å²) in [6, 6.07) is 9.64. The number of nitrogens with one attached hydrogen (secondary N) is 2. The number of carbonyl (C=O) groups excluding carboxylic acids is 2. The summed E-state index contributed by atoms with van der Waals surface area (Å²) < 4.78 is 1.78. The molecule has 2 aromatic carbocycles. The van der Waals surface area contributed by atoms with Crippen LogP contribution in [-0.2, 0) is 22.6 Å². The molecule has 1 heterocycles. The van der Waals surface area contributed by atoms with Crippen LogP contribution in [0.5, 0.6) is 0 Å². The largest absolute Gasteiger partial charge is 0.326 e. The Hall–Kier alpha value is -1.97. The van der Waals surface area contributed by atoms with Crippen molar-refractivity contribution in [1.82, 2.24) is 14.8 Å². The summed E-state index contributed by atoms with van der Waals surface area (Å²) >= 11 is 25.1. The fourth-order valence-corrected chi connectivity index (χ4v) is 4.16. The molecule has 0 spiro atoms. The molecular formula is C20H17Cl4N5O2S. The Morgan fingerprint density at radius 2 is 1.69 bits per heavy atom. The Morgan fingerprint density at radius 3 is 2.41 bits per heavy atom. The summed E-state index contributed by atoms with van der Waals surface area (Å²) in [6.45, 7) is 2.44. The van der Waals surface area contributed by atoms with Gasteiger partial charge in [-0.05, 0) is 43.3 Å². The van der Waals surface area contributed by atoms with E-state index in [4.69, 9.17) is 46.4 Å². The molecule has 0 saturated heterocycles. The zero-order valence-electron chi connectivity index (χ0n) is 16.7. The minimum absolute atomic E-state index is 0.00592. The van der Waals surface area contributed by atoms with Gasteiger partial charge in [-0.3, -0.25) is 9.59 Å². The van der Waals surface area contributed by atoms with Crippen molar-refractivity contribution in [2.45, 2.75) is 25.0 Å². The molecule has 2 amide bonds. The zero-order chi connectivity index (χ0) is 23.3. The van der Waals surface area contributed by atoms with Gasteiger partial charge in [0, 0.05) is 17.3 Å². The number of rotatable bonds is 8. The summed E-state index contributed by atoms with van der Waals surface area (Å²) in [5.41, 5.74) is 0.958. The number of thioether (sulfide) groups is 1. The van der Waals surface area contributed by atoms with Crippen LogP contribution in [0.25, 0.3) is 0 Å². The number of benzene rings is 2. The quantitative estimate of drug-likeness (QED) is 0.356. The molecule has 1 aromatic heterocycles. The van der Waals surface area contributed by atoms with Crippen molar-refractivity contribution in [3.63, 3.8) is 0 Å². The molecule has 2 N–H and O–H groups in total. The molecule has 0 aliphatic rings. The van der Waals surface area contributed by atoms with Crippen molar-refractivity contribution in [2.75, 3.05) is 16.4 Å². The lowest BCUT2D eigenvalue weighted by Crippen LogP contribution is -2.18. The molecular weight excluding hydrogens is 516 g/mol. The van der Waals surface area contributed by atoms with Gasteiger partial charge in [0.1, 0.15) is 5.82 Å². The molecule has 0 bridgehead atoms. The van der Waals surface area contributed by atoms with Crippen LogP contribution in [0, 0.1) is 0 Å². The molecule has 3 aromatic rings. The van der Waals surface area contributed by atoms with Crippen LogP contribution in [0.2, 0.25) is 20.1 Å². The molecule has 168 valence electrons. The van der Waals surface area contributed by atoms with Crippen molar-refractivity contribution in [3.8, 4) is 0 Å². The number of amides is 2. The van der Waals surface area contributed by atoms with E-state index in [1.807, 2.05) is 6.92 Å². The second-order valence-electron chi connectivity index (χ2n) is 6.46. The van der Waals surface area contributed by atoms with Gasteiger partial charge in [0.15, 0.2) is 5.16 Å². The van der Waals surface area contributed by atoms with Crippen molar-refractivity contribution in [1.29, 1.82) is 0 Å². The number of anilines is 2. The predicted octanol–water partition coefficient (Wildman–Crippen LogP) is 5.82. The van der Waals surface area contributed by atoms with Gasteiger partial charge >= 0.3 is 0 Å². The van der Waals surface area contributed by atoms with Gasteiger partial charge < -0.3 is 15.2 Å². The number of halogens is 4.